The first-order valence-electron chi connectivity index (χ1n) is 3.67. The maximum Gasteiger partial charge on any atom is 0.293 e. The maximum absolute atomic E-state index is 12.8. The van der Waals surface area contributed by atoms with Gasteiger partial charge in [-0.3, -0.25) is 4.79 Å². The summed E-state index contributed by atoms with van der Waals surface area (Å²) < 4.78 is 12.8. The number of halogens is 1. The van der Waals surface area contributed by atoms with E-state index in [1.807, 2.05) is 0 Å². The fourth-order valence-corrected chi connectivity index (χ4v) is 0.856. The Kier molecular flexibility index (Phi) is 2.65. The van der Waals surface area contributed by atoms with Crippen LogP contribution in [0.4, 0.5) is 4.39 Å². The van der Waals surface area contributed by atoms with Gasteiger partial charge in [0.2, 0.25) is 0 Å². The number of carbonyl (C=O) groups excluding carboxylic acids is 1. The summed E-state index contributed by atoms with van der Waals surface area (Å²) >= 11 is 0. The Morgan fingerprint density at radius 3 is 2.77 bits per heavy atom. The van der Waals surface area contributed by atoms with Gasteiger partial charge in [0, 0.05) is 5.56 Å². The quantitative estimate of drug-likeness (QED) is 0.589. The second-order valence-electron chi connectivity index (χ2n) is 2.58. The molecule has 0 atom stereocenters. The number of hydrogen-bond donors (Lipinski definition) is 1. The molecule has 0 aromatic heterocycles. The number of rotatable bonds is 0. The zero-order chi connectivity index (χ0) is 9.84. The smallest absolute Gasteiger partial charge is 0.293 e. The Labute approximate surface area is 75.6 Å². The molecule has 0 aliphatic carbocycles. The van der Waals surface area contributed by atoms with Crippen LogP contribution in [-0.4, -0.2) is 5.91 Å². The van der Waals surface area contributed by atoms with Crippen LogP contribution < -0.4 is 5.73 Å². The molecule has 0 unspecified atom stereocenters. The molecular weight excluding hydrogens is 169 g/mol. The van der Waals surface area contributed by atoms with Crippen molar-refractivity contribution in [3.05, 3.63) is 35.1 Å². The van der Waals surface area contributed by atoms with Gasteiger partial charge in [0.05, 0.1) is 0 Å². The molecule has 0 saturated heterocycles. The number of primary amides is 1. The third-order valence-corrected chi connectivity index (χ3v) is 1.49. The van der Waals surface area contributed by atoms with Crippen LogP contribution in [0, 0.1) is 24.6 Å². The summed E-state index contributed by atoms with van der Waals surface area (Å²) in [7, 11) is 0. The molecular formula is C10H8FNO. The molecule has 0 aliphatic heterocycles. The van der Waals surface area contributed by atoms with E-state index < -0.39 is 5.91 Å². The van der Waals surface area contributed by atoms with Crippen LogP contribution in [0.25, 0.3) is 0 Å². The zero-order valence-corrected chi connectivity index (χ0v) is 7.10. The highest BCUT2D eigenvalue weighted by Crippen LogP contribution is 2.07. The topological polar surface area (TPSA) is 43.1 Å². The molecule has 3 heteroatoms. The fraction of sp³-hybridized carbons (Fsp3) is 0.100. The molecule has 13 heavy (non-hydrogen) atoms. The summed E-state index contributed by atoms with van der Waals surface area (Å²) in [6.45, 7) is 1.63. The molecule has 0 bridgehead atoms. The van der Waals surface area contributed by atoms with Gasteiger partial charge in [0.25, 0.3) is 5.91 Å². The Morgan fingerprint density at radius 1 is 1.54 bits per heavy atom. The number of benzene rings is 1. The van der Waals surface area contributed by atoms with Gasteiger partial charge in [0.1, 0.15) is 5.82 Å². The van der Waals surface area contributed by atoms with Gasteiger partial charge in [-0.05, 0) is 36.6 Å². The van der Waals surface area contributed by atoms with E-state index in [0.29, 0.717) is 11.1 Å². The number of nitrogens with two attached hydrogens (primary N) is 1. The predicted octanol–water partition coefficient (Wildman–Crippen LogP) is 0.971. The number of hydrogen-bond acceptors (Lipinski definition) is 1. The van der Waals surface area contributed by atoms with Gasteiger partial charge < -0.3 is 5.73 Å². The van der Waals surface area contributed by atoms with Crippen LogP contribution in [0.5, 0.6) is 0 Å². The van der Waals surface area contributed by atoms with Crippen molar-refractivity contribution in [3.8, 4) is 11.8 Å². The largest absolute Gasteiger partial charge is 0.359 e. The van der Waals surface area contributed by atoms with Crippen molar-refractivity contribution in [2.75, 3.05) is 0 Å². The summed E-state index contributed by atoms with van der Waals surface area (Å²) in [4.78, 5) is 10.3. The summed E-state index contributed by atoms with van der Waals surface area (Å²) in [6.07, 6.45) is 0. The van der Waals surface area contributed by atoms with E-state index in [4.69, 9.17) is 5.73 Å². The van der Waals surface area contributed by atoms with Gasteiger partial charge in [0.15, 0.2) is 0 Å². The van der Waals surface area contributed by atoms with Crippen molar-refractivity contribution in [1.82, 2.24) is 0 Å². The highest BCUT2D eigenvalue weighted by atomic mass is 19.1. The van der Waals surface area contributed by atoms with Crippen LogP contribution in [-0.2, 0) is 4.79 Å². The summed E-state index contributed by atoms with van der Waals surface area (Å²) in [5, 5.41) is 0. The maximum atomic E-state index is 12.8. The highest BCUT2D eigenvalue weighted by Gasteiger charge is 1.95. The molecule has 66 valence electrons. The first-order valence-corrected chi connectivity index (χ1v) is 3.67. The first-order chi connectivity index (χ1) is 6.09. The Hall–Kier alpha value is -1.82. The Balaban J connectivity index is 3.00. The van der Waals surface area contributed by atoms with E-state index in [1.54, 1.807) is 13.0 Å². The minimum atomic E-state index is -0.693. The molecule has 0 fully saturated rings. The summed E-state index contributed by atoms with van der Waals surface area (Å²) in [5.74, 6) is 3.72. The lowest BCUT2D eigenvalue weighted by Gasteiger charge is -1.95. The van der Waals surface area contributed by atoms with Crippen molar-refractivity contribution in [2.24, 2.45) is 5.73 Å². The molecule has 1 aromatic carbocycles. The fourth-order valence-electron chi connectivity index (χ4n) is 0.856. The minimum absolute atomic E-state index is 0.287. The number of carbonyl (C=O) groups is 1. The molecule has 1 aromatic rings. The second-order valence-corrected chi connectivity index (χ2v) is 2.58. The van der Waals surface area contributed by atoms with Crippen molar-refractivity contribution in [1.29, 1.82) is 0 Å². The molecule has 0 saturated carbocycles. The first kappa shape index (κ1) is 9.27. The number of amides is 1. The van der Waals surface area contributed by atoms with Gasteiger partial charge in [-0.15, -0.1) is 0 Å². The van der Waals surface area contributed by atoms with Crippen LogP contribution in [0.3, 0.4) is 0 Å². The number of aryl methyl sites for hydroxylation is 1. The van der Waals surface area contributed by atoms with E-state index in [9.17, 15) is 9.18 Å². The zero-order valence-electron chi connectivity index (χ0n) is 7.10. The van der Waals surface area contributed by atoms with Crippen molar-refractivity contribution >= 4 is 5.91 Å². The van der Waals surface area contributed by atoms with E-state index in [0.717, 1.165) is 0 Å². The highest BCUT2D eigenvalue weighted by molar-refractivity contribution is 5.92. The lowest BCUT2D eigenvalue weighted by atomic mass is 10.1. The summed E-state index contributed by atoms with van der Waals surface area (Å²) in [6, 6.07) is 4.36. The van der Waals surface area contributed by atoms with Gasteiger partial charge in [-0.25, -0.2) is 4.39 Å². The van der Waals surface area contributed by atoms with Crippen LogP contribution >= 0.6 is 0 Å². The third-order valence-electron chi connectivity index (χ3n) is 1.49. The van der Waals surface area contributed by atoms with E-state index in [2.05, 4.69) is 11.8 Å². The second kappa shape index (κ2) is 3.72. The van der Waals surface area contributed by atoms with Gasteiger partial charge >= 0.3 is 0 Å². The SMILES string of the molecule is Cc1cc(C#CC(N)=O)ccc1F. The Bertz CT molecular complexity index is 401. The average Bonchev–Trinajstić information content (AvgIpc) is 2.07. The standard InChI is InChI=1S/C10H8FNO/c1-7-6-8(2-4-9(7)11)3-5-10(12)13/h2,4,6H,1H3,(H2,12,13). The monoisotopic (exact) mass is 177 g/mol. The van der Waals surface area contributed by atoms with E-state index >= 15 is 0 Å². The molecule has 2 N–H and O–H groups in total. The van der Waals surface area contributed by atoms with Crippen LogP contribution in [0.2, 0.25) is 0 Å². The third kappa shape index (κ3) is 2.60. The van der Waals surface area contributed by atoms with Crippen LogP contribution in [0.1, 0.15) is 11.1 Å². The van der Waals surface area contributed by atoms with Crippen molar-refractivity contribution in [2.45, 2.75) is 6.92 Å². The summed E-state index contributed by atoms with van der Waals surface area (Å²) in [5.41, 5.74) is 5.90. The normalized spacial score (nSPS) is 8.77. The molecule has 0 spiro atoms. The van der Waals surface area contributed by atoms with Crippen LogP contribution in [0.15, 0.2) is 18.2 Å². The molecule has 2 nitrogen and oxygen atoms in total. The molecule has 0 radical (unpaired) electrons. The average molecular weight is 177 g/mol. The molecule has 1 amide bonds. The molecule has 1 rings (SSSR count). The molecule has 0 heterocycles. The van der Waals surface area contributed by atoms with E-state index in [1.165, 1.54) is 12.1 Å². The Morgan fingerprint density at radius 2 is 2.23 bits per heavy atom. The van der Waals surface area contributed by atoms with Gasteiger partial charge in [-0.1, -0.05) is 5.92 Å². The van der Waals surface area contributed by atoms with Crippen molar-refractivity contribution < 1.29 is 9.18 Å². The predicted molar refractivity (Wildman–Crippen MR) is 47.2 cm³/mol. The molecule has 0 aliphatic rings. The lowest BCUT2D eigenvalue weighted by molar-refractivity contribution is -0.112. The lowest BCUT2D eigenvalue weighted by Crippen LogP contribution is -2.06. The van der Waals surface area contributed by atoms with E-state index in [-0.39, 0.29) is 5.82 Å². The van der Waals surface area contributed by atoms with Gasteiger partial charge in [-0.2, -0.15) is 0 Å². The van der Waals surface area contributed by atoms with Crippen molar-refractivity contribution in [3.63, 3.8) is 0 Å². The minimum Gasteiger partial charge on any atom is -0.359 e.